The van der Waals surface area contributed by atoms with Crippen molar-refractivity contribution in [3.8, 4) is 5.75 Å². The molecule has 3 rings (SSSR count). The summed E-state index contributed by atoms with van der Waals surface area (Å²) in [6.45, 7) is 12.1. The minimum atomic E-state index is -1.15. The SMILES string of the molecule is Cc1cccc(C)c1NC(=O)C(c1c(C)cccc1C)N(CCO)C(=O)C(Cc1ccc(O)cc1)NC(=O)OC(C)(C)C. The van der Waals surface area contributed by atoms with Crippen molar-refractivity contribution in [3.63, 3.8) is 0 Å². The van der Waals surface area contributed by atoms with E-state index in [0.29, 0.717) is 16.8 Å². The highest BCUT2D eigenvalue weighted by atomic mass is 16.6. The average molecular weight is 590 g/mol. The van der Waals surface area contributed by atoms with E-state index in [0.717, 1.165) is 22.3 Å². The molecule has 9 heteroatoms. The van der Waals surface area contributed by atoms with Crippen LogP contribution in [0.2, 0.25) is 0 Å². The molecule has 0 aromatic heterocycles. The molecule has 0 saturated heterocycles. The Morgan fingerprint density at radius 1 is 0.860 bits per heavy atom. The molecule has 3 amide bonds. The molecule has 230 valence electrons. The van der Waals surface area contributed by atoms with Crippen LogP contribution in [0.1, 0.15) is 60.2 Å². The molecule has 3 aromatic rings. The predicted octanol–water partition coefficient (Wildman–Crippen LogP) is 5.26. The quantitative estimate of drug-likeness (QED) is 0.255. The number of amides is 3. The smallest absolute Gasteiger partial charge is 0.408 e. The Bertz CT molecular complexity index is 1400. The van der Waals surface area contributed by atoms with Gasteiger partial charge in [-0.05, 0) is 94.0 Å². The highest BCUT2D eigenvalue weighted by Gasteiger charge is 2.37. The number of para-hydroxylation sites is 1. The maximum atomic E-state index is 14.4. The van der Waals surface area contributed by atoms with Gasteiger partial charge < -0.3 is 30.5 Å². The number of ether oxygens (including phenoxy) is 1. The van der Waals surface area contributed by atoms with Crippen molar-refractivity contribution >= 4 is 23.6 Å². The van der Waals surface area contributed by atoms with E-state index in [4.69, 9.17) is 4.74 Å². The fourth-order valence-electron chi connectivity index (χ4n) is 5.08. The largest absolute Gasteiger partial charge is 0.508 e. The Morgan fingerprint density at radius 3 is 1.91 bits per heavy atom. The summed E-state index contributed by atoms with van der Waals surface area (Å²) in [4.78, 5) is 42.9. The zero-order valence-corrected chi connectivity index (χ0v) is 26.0. The molecule has 0 spiro atoms. The highest BCUT2D eigenvalue weighted by Crippen LogP contribution is 2.31. The van der Waals surface area contributed by atoms with Crippen LogP contribution < -0.4 is 10.6 Å². The van der Waals surface area contributed by atoms with Gasteiger partial charge in [-0.2, -0.15) is 0 Å². The molecule has 0 bridgehead atoms. The highest BCUT2D eigenvalue weighted by molar-refractivity contribution is 6.00. The predicted molar refractivity (Wildman–Crippen MR) is 167 cm³/mol. The Balaban J connectivity index is 2.12. The Kier molecular flexibility index (Phi) is 10.9. The van der Waals surface area contributed by atoms with E-state index < -0.39 is 42.2 Å². The van der Waals surface area contributed by atoms with E-state index in [2.05, 4.69) is 10.6 Å². The molecule has 43 heavy (non-hydrogen) atoms. The number of hydrogen-bond acceptors (Lipinski definition) is 6. The summed E-state index contributed by atoms with van der Waals surface area (Å²) in [6.07, 6.45) is -0.740. The van der Waals surface area contributed by atoms with Gasteiger partial charge in [-0.15, -0.1) is 0 Å². The number of aromatic hydroxyl groups is 1. The van der Waals surface area contributed by atoms with Gasteiger partial charge in [0.1, 0.15) is 23.4 Å². The summed E-state index contributed by atoms with van der Waals surface area (Å²) in [6, 6.07) is 15.3. The lowest BCUT2D eigenvalue weighted by molar-refractivity contribution is -0.141. The first-order chi connectivity index (χ1) is 20.2. The Labute approximate surface area is 253 Å². The number of alkyl carbamates (subject to hydrolysis) is 1. The Morgan fingerprint density at radius 2 is 1.40 bits per heavy atom. The third-order valence-corrected chi connectivity index (χ3v) is 7.09. The molecule has 9 nitrogen and oxygen atoms in total. The number of carbonyl (C=O) groups is 3. The third-order valence-electron chi connectivity index (χ3n) is 7.09. The van der Waals surface area contributed by atoms with Crippen molar-refractivity contribution in [1.29, 1.82) is 0 Å². The molecule has 0 aliphatic rings. The van der Waals surface area contributed by atoms with E-state index in [1.807, 2.05) is 64.1 Å². The second kappa shape index (κ2) is 14.2. The van der Waals surface area contributed by atoms with Crippen molar-refractivity contribution in [1.82, 2.24) is 10.2 Å². The summed E-state index contributed by atoms with van der Waals surface area (Å²) in [5.74, 6) is -0.957. The minimum Gasteiger partial charge on any atom is -0.508 e. The minimum absolute atomic E-state index is 0.0538. The molecule has 2 atom stereocenters. The van der Waals surface area contributed by atoms with Crippen molar-refractivity contribution in [2.24, 2.45) is 0 Å². The normalized spacial score (nSPS) is 12.7. The van der Waals surface area contributed by atoms with Crippen LogP contribution in [0.15, 0.2) is 60.7 Å². The molecule has 0 saturated carbocycles. The van der Waals surface area contributed by atoms with E-state index in [1.165, 1.54) is 17.0 Å². The summed E-state index contributed by atoms with van der Waals surface area (Å²) < 4.78 is 5.46. The van der Waals surface area contributed by atoms with Crippen LogP contribution in [-0.4, -0.2) is 57.8 Å². The van der Waals surface area contributed by atoms with Crippen LogP contribution in [0.3, 0.4) is 0 Å². The number of rotatable bonds is 10. The van der Waals surface area contributed by atoms with Crippen LogP contribution in [0.5, 0.6) is 5.75 Å². The number of aliphatic hydroxyl groups is 1. The molecule has 2 unspecified atom stereocenters. The maximum absolute atomic E-state index is 14.4. The molecular weight excluding hydrogens is 546 g/mol. The number of phenolic OH excluding ortho intramolecular Hbond substituents is 1. The van der Waals surface area contributed by atoms with E-state index in [1.54, 1.807) is 32.9 Å². The van der Waals surface area contributed by atoms with Crippen LogP contribution >= 0.6 is 0 Å². The third kappa shape index (κ3) is 8.81. The van der Waals surface area contributed by atoms with Crippen molar-refractivity contribution in [2.75, 3.05) is 18.5 Å². The number of aliphatic hydroxyl groups excluding tert-OH is 1. The summed E-state index contributed by atoms with van der Waals surface area (Å²) in [7, 11) is 0. The number of nitrogens with zero attached hydrogens (tertiary/aromatic N) is 1. The monoisotopic (exact) mass is 589 g/mol. The van der Waals surface area contributed by atoms with Gasteiger partial charge in [0.25, 0.3) is 5.91 Å². The van der Waals surface area contributed by atoms with E-state index in [9.17, 15) is 24.6 Å². The van der Waals surface area contributed by atoms with Gasteiger partial charge in [0, 0.05) is 18.7 Å². The summed E-state index contributed by atoms with van der Waals surface area (Å²) in [5, 5.41) is 25.6. The number of anilines is 1. The lowest BCUT2D eigenvalue weighted by Gasteiger charge is -2.35. The lowest BCUT2D eigenvalue weighted by atomic mass is 9.93. The van der Waals surface area contributed by atoms with Crippen LogP contribution in [0.25, 0.3) is 0 Å². The van der Waals surface area contributed by atoms with Crippen molar-refractivity contribution < 1.29 is 29.3 Å². The number of aryl methyl sites for hydroxylation is 4. The van der Waals surface area contributed by atoms with Gasteiger partial charge in [0.2, 0.25) is 5.91 Å². The van der Waals surface area contributed by atoms with Crippen LogP contribution in [-0.2, 0) is 20.7 Å². The fourth-order valence-corrected chi connectivity index (χ4v) is 5.08. The van der Waals surface area contributed by atoms with Crippen LogP contribution in [0, 0.1) is 27.7 Å². The summed E-state index contributed by atoms with van der Waals surface area (Å²) in [5.41, 5.74) is 4.46. The number of phenols is 1. The summed E-state index contributed by atoms with van der Waals surface area (Å²) >= 11 is 0. The van der Waals surface area contributed by atoms with Gasteiger partial charge in [-0.25, -0.2) is 4.79 Å². The molecule has 0 aliphatic carbocycles. The molecule has 0 aliphatic heterocycles. The number of carbonyl (C=O) groups excluding carboxylic acids is 3. The first-order valence-electron chi connectivity index (χ1n) is 14.3. The maximum Gasteiger partial charge on any atom is 0.408 e. The standard InChI is InChI=1S/C34H43N3O6/c1-21-10-8-11-22(2)28(21)30(31(40)36-29-23(3)12-9-13-24(29)4)37(18-19-38)32(41)27(35-33(42)43-34(5,6)7)20-25-14-16-26(39)17-15-25/h8-17,27,30,38-39H,18-20H2,1-7H3,(H,35,42)(H,36,40). The van der Waals surface area contributed by atoms with E-state index >= 15 is 0 Å². The Hall–Kier alpha value is -4.37. The van der Waals surface area contributed by atoms with Crippen molar-refractivity contribution in [2.45, 2.75) is 72.6 Å². The second-order valence-corrected chi connectivity index (χ2v) is 11.8. The molecule has 0 heterocycles. The second-order valence-electron chi connectivity index (χ2n) is 11.8. The average Bonchev–Trinajstić information content (AvgIpc) is 2.91. The first kappa shape index (κ1) is 33.1. The van der Waals surface area contributed by atoms with Gasteiger partial charge in [-0.1, -0.05) is 48.5 Å². The molecule has 3 aromatic carbocycles. The molecule has 4 N–H and O–H groups in total. The van der Waals surface area contributed by atoms with Gasteiger partial charge in [0.15, 0.2) is 0 Å². The molecular formula is C34H43N3O6. The van der Waals surface area contributed by atoms with E-state index in [-0.39, 0.29) is 18.7 Å². The number of hydrogen-bond donors (Lipinski definition) is 4. The van der Waals surface area contributed by atoms with Gasteiger partial charge >= 0.3 is 6.09 Å². The number of nitrogens with one attached hydrogen (secondary N) is 2. The van der Waals surface area contributed by atoms with Crippen LogP contribution in [0.4, 0.5) is 10.5 Å². The zero-order chi connectivity index (χ0) is 31.9. The zero-order valence-electron chi connectivity index (χ0n) is 26.0. The fraction of sp³-hybridized carbons (Fsp3) is 0.382. The molecule has 0 radical (unpaired) electrons. The molecule has 0 fully saturated rings. The van der Waals surface area contributed by atoms with Crippen molar-refractivity contribution in [3.05, 3.63) is 94.0 Å². The van der Waals surface area contributed by atoms with Gasteiger partial charge in [-0.3, -0.25) is 9.59 Å². The lowest BCUT2D eigenvalue weighted by Crippen LogP contribution is -2.54. The van der Waals surface area contributed by atoms with Gasteiger partial charge in [0.05, 0.1) is 6.61 Å². The topological polar surface area (TPSA) is 128 Å². The number of benzene rings is 3. The first-order valence-corrected chi connectivity index (χ1v) is 14.3.